The average molecular weight is 359 g/mol. The maximum atomic E-state index is 12.9. The van der Waals surface area contributed by atoms with Gasteiger partial charge in [0.15, 0.2) is 0 Å². The van der Waals surface area contributed by atoms with Crippen LogP contribution >= 0.6 is 11.3 Å². The standard InChI is InChI=1S/C17H18FN5OS/c1-12(8-23-11-19-10-20-23)21-16(24)7-15-9-25-17(22-15)6-13-2-4-14(18)5-3-13/h2-5,9-12H,6-8H2,1H3,(H,21,24). The summed E-state index contributed by atoms with van der Waals surface area (Å²) in [5, 5.41) is 9.74. The van der Waals surface area contributed by atoms with Crippen molar-refractivity contribution in [2.45, 2.75) is 32.4 Å². The summed E-state index contributed by atoms with van der Waals surface area (Å²) >= 11 is 1.51. The summed E-state index contributed by atoms with van der Waals surface area (Å²) in [7, 11) is 0. The van der Waals surface area contributed by atoms with Crippen LogP contribution in [0.2, 0.25) is 0 Å². The van der Waals surface area contributed by atoms with Gasteiger partial charge in [-0.2, -0.15) is 5.10 Å². The number of carbonyl (C=O) groups is 1. The number of amides is 1. The van der Waals surface area contributed by atoms with Crippen LogP contribution in [-0.2, 0) is 24.2 Å². The highest BCUT2D eigenvalue weighted by molar-refractivity contribution is 7.09. The quantitative estimate of drug-likeness (QED) is 0.702. The third-order valence-electron chi connectivity index (χ3n) is 3.54. The minimum Gasteiger partial charge on any atom is -0.351 e. The largest absolute Gasteiger partial charge is 0.351 e. The first-order valence-corrected chi connectivity index (χ1v) is 8.76. The molecule has 0 aliphatic rings. The van der Waals surface area contributed by atoms with Gasteiger partial charge in [-0.05, 0) is 24.6 Å². The molecule has 3 aromatic rings. The fraction of sp³-hybridized carbons (Fsp3) is 0.294. The number of rotatable bonds is 7. The fourth-order valence-electron chi connectivity index (χ4n) is 2.43. The van der Waals surface area contributed by atoms with Crippen molar-refractivity contribution in [1.29, 1.82) is 0 Å². The number of nitrogens with one attached hydrogen (secondary N) is 1. The van der Waals surface area contributed by atoms with Gasteiger partial charge in [-0.25, -0.2) is 14.4 Å². The lowest BCUT2D eigenvalue weighted by Gasteiger charge is -2.13. The van der Waals surface area contributed by atoms with Gasteiger partial charge in [0.05, 0.1) is 23.7 Å². The number of nitrogens with zero attached hydrogens (tertiary/aromatic N) is 4. The molecule has 1 unspecified atom stereocenters. The normalized spacial score (nSPS) is 12.1. The van der Waals surface area contributed by atoms with Gasteiger partial charge < -0.3 is 5.32 Å². The zero-order valence-electron chi connectivity index (χ0n) is 13.7. The molecule has 6 nitrogen and oxygen atoms in total. The molecule has 0 bridgehead atoms. The molecule has 25 heavy (non-hydrogen) atoms. The minimum absolute atomic E-state index is 0.0495. The maximum Gasteiger partial charge on any atom is 0.226 e. The number of aromatic nitrogens is 4. The van der Waals surface area contributed by atoms with Gasteiger partial charge in [-0.3, -0.25) is 9.48 Å². The Morgan fingerprint density at radius 3 is 2.88 bits per heavy atom. The predicted molar refractivity (Wildman–Crippen MR) is 92.7 cm³/mol. The summed E-state index contributed by atoms with van der Waals surface area (Å²) in [6.45, 7) is 2.49. The van der Waals surface area contributed by atoms with E-state index in [1.54, 1.807) is 23.1 Å². The molecule has 0 aliphatic heterocycles. The van der Waals surface area contributed by atoms with E-state index in [4.69, 9.17) is 0 Å². The van der Waals surface area contributed by atoms with Crippen LogP contribution < -0.4 is 5.32 Å². The Balaban J connectivity index is 1.50. The summed E-state index contributed by atoms with van der Waals surface area (Å²) in [5.74, 6) is -0.327. The highest BCUT2D eigenvalue weighted by Crippen LogP contribution is 2.15. The van der Waals surface area contributed by atoms with Gasteiger partial charge in [-0.1, -0.05) is 12.1 Å². The zero-order chi connectivity index (χ0) is 17.6. The molecule has 0 saturated carbocycles. The van der Waals surface area contributed by atoms with E-state index >= 15 is 0 Å². The Bertz CT molecular complexity index is 816. The number of hydrogen-bond donors (Lipinski definition) is 1. The molecule has 1 N–H and O–H groups in total. The van der Waals surface area contributed by atoms with Gasteiger partial charge >= 0.3 is 0 Å². The zero-order valence-corrected chi connectivity index (χ0v) is 14.5. The van der Waals surface area contributed by atoms with Crippen molar-refractivity contribution in [2.24, 2.45) is 0 Å². The van der Waals surface area contributed by atoms with Crippen LogP contribution in [-0.4, -0.2) is 31.7 Å². The van der Waals surface area contributed by atoms with Crippen molar-refractivity contribution in [2.75, 3.05) is 0 Å². The lowest BCUT2D eigenvalue weighted by molar-refractivity contribution is -0.121. The van der Waals surface area contributed by atoms with Gasteiger partial charge in [0.2, 0.25) is 5.91 Å². The molecule has 0 spiro atoms. The van der Waals surface area contributed by atoms with Crippen molar-refractivity contribution < 1.29 is 9.18 Å². The van der Waals surface area contributed by atoms with E-state index in [-0.39, 0.29) is 24.2 Å². The molecule has 2 heterocycles. The van der Waals surface area contributed by atoms with E-state index in [2.05, 4.69) is 20.4 Å². The molecule has 130 valence electrons. The SMILES string of the molecule is CC(Cn1cncn1)NC(=O)Cc1csc(Cc2ccc(F)cc2)n1. The molecule has 2 aromatic heterocycles. The number of benzene rings is 1. The second-order valence-electron chi connectivity index (χ2n) is 5.80. The first kappa shape index (κ1) is 17.2. The summed E-state index contributed by atoms with van der Waals surface area (Å²) in [6, 6.07) is 6.32. The van der Waals surface area contributed by atoms with E-state index in [0.717, 1.165) is 16.3 Å². The number of carbonyl (C=O) groups excluding carboxylic acids is 1. The second-order valence-corrected chi connectivity index (χ2v) is 6.74. The highest BCUT2D eigenvalue weighted by Gasteiger charge is 2.12. The fourth-order valence-corrected chi connectivity index (χ4v) is 3.26. The Hall–Kier alpha value is -2.61. The van der Waals surface area contributed by atoms with Crippen molar-refractivity contribution in [1.82, 2.24) is 25.1 Å². The monoisotopic (exact) mass is 359 g/mol. The smallest absolute Gasteiger partial charge is 0.226 e. The Labute approximate surface area is 148 Å². The molecular formula is C17H18FN5OS. The van der Waals surface area contributed by atoms with Gasteiger partial charge in [0, 0.05) is 17.8 Å². The first-order valence-electron chi connectivity index (χ1n) is 7.88. The molecular weight excluding hydrogens is 341 g/mol. The summed E-state index contributed by atoms with van der Waals surface area (Å²) in [6.07, 6.45) is 3.95. The predicted octanol–water partition coefficient (Wildman–Crippen LogP) is 2.21. The Morgan fingerprint density at radius 2 is 2.16 bits per heavy atom. The lowest BCUT2D eigenvalue weighted by Crippen LogP contribution is -2.36. The van der Waals surface area contributed by atoms with E-state index in [1.165, 1.54) is 29.8 Å². The van der Waals surface area contributed by atoms with Crippen LogP contribution in [0.5, 0.6) is 0 Å². The van der Waals surface area contributed by atoms with Crippen molar-refractivity contribution >= 4 is 17.2 Å². The molecule has 1 atom stereocenters. The summed E-state index contributed by atoms with van der Waals surface area (Å²) in [5.41, 5.74) is 1.74. The Kier molecular flexibility index (Phi) is 5.49. The molecule has 1 amide bonds. The van der Waals surface area contributed by atoms with E-state index in [9.17, 15) is 9.18 Å². The third kappa shape index (κ3) is 5.18. The van der Waals surface area contributed by atoms with E-state index in [0.29, 0.717) is 13.0 Å². The number of hydrogen-bond acceptors (Lipinski definition) is 5. The van der Waals surface area contributed by atoms with Crippen LogP contribution in [0.25, 0.3) is 0 Å². The molecule has 0 saturated heterocycles. The first-order chi connectivity index (χ1) is 12.1. The molecule has 0 aliphatic carbocycles. The van der Waals surface area contributed by atoms with Crippen LogP contribution in [0.15, 0.2) is 42.3 Å². The van der Waals surface area contributed by atoms with Gasteiger partial charge in [-0.15, -0.1) is 11.3 Å². The average Bonchev–Trinajstić information content (AvgIpc) is 3.21. The van der Waals surface area contributed by atoms with Crippen LogP contribution in [0.4, 0.5) is 4.39 Å². The second kappa shape index (κ2) is 7.98. The van der Waals surface area contributed by atoms with Gasteiger partial charge in [0.25, 0.3) is 0 Å². The minimum atomic E-state index is -0.250. The topological polar surface area (TPSA) is 72.7 Å². The highest BCUT2D eigenvalue weighted by atomic mass is 32.1. The van der Waals surface area contributed by atoms with Crippen LogP contribution in [0, 0.1) is 5.82 Å². The third-order valence-corrected chi connectivity index (χ3v) is 4.44. The number of thiazole rings is 1. The van der Waals surface area contributed by atoms with Crippen LogP contribution in [0.1, 0.15) is 23.2 Å². The van der Waals surface area contributed by atoms with E-state index in [1.807, 2.05) is 12.3 Å². The lowest BCUT2D eigenvalue weighted by atomic mass is 10.1. The molecule has 8 heteroatoms. The molecule has 0 fully saturated rings. The van der Waals surface area contributed by atoms with Gasteiger partial charge in [0.1, 0.15) is 18.5 Å². The van der Waals surface area contributed by atoms with E-state index < -0.39 is 0 Å². The molecule has 1 aromatic carbocycles. The van der Waals surface area contributed by atoms with Crippen molar-refractivity contribution in [3.63, 3.8) is 0 Å². The van der Waals surface area contributed by atoms with Crippen LogP contribution in [0.3, 0.4) is 0 Å². The Morgan fingerprint density at radius 1 is 1.36 bits per heavy atom. The molecule has 3 rings (SSSR count). The van der Waals surface area contributed by atoms with Crippen molar-refractivity contribution in [3.8, 4) is 0 Å². The summed E-state index contributed by atoms with van der Waals surface area (Å²) < 4.78 is 14.6. The van der Waals surface area contributed by atoms with Crippen molar-refractivity contribution in [3.05, 3.63) is 64.4 Å². The molecule has 0 radical (unpaired) electrons. The summed E-state index contributed by atoms with van der Waals surface area (Å²) in [4.78, 5) is 20.5. The number of halogens is 1. The maximum absolute atomic E-state index is 12.9.